The van der Waals surface area contributed by atoms with Gasteiger partial charge in [0.05, 0.1) is 17.0 Å². The molecule has 2 saturated heterocycles. The second-order valence-corrected chi connectivity index (χ2v) is 22.7. The van der Waals surface area contributed by atoms with Crippen LogP contribution in [0.25, 0.3) is 86.9 Å². The first kappa shape index (κ1) is 44.2. The molecule has 2 aliphatic heterocycles. The van der Waals surface area contributed by atoms with E-state index in [1.807, 2.05) is 13.8 Å². The zero-order valence-corrected chi connectivity index (χ0v) is 44.3. The van der Waals surface area contributed by atoms with Crippen LogP contribution in [0.1, 0.15) is 41.5 Å². The highest BCUT2D eigenvalue weighted by molar-refractivity contribution is 7.38. The van der Waals surface area contributed by atoms with E-state index >= 15 is 0 Å². The largest absolute Gasteiger partial charge is 0.563 e. The van der Waals surface area contributed by atoms with Gasteiger partial charge in [0.2, 0.25) is 0 Å². The summed E-state index contributed by atoms with van der Waals surface area (Å²) in [4.78, 5) is 0. The summed E-state index contributed by atoms with van der Waals surface area (Å²) < 4.78 is 25.5. The van der Waals surface area contributed by atoms with Crippen LogP contribution in [0.4, 0.5) is 0 Å². The molecule has 6 atom stereocenters. The summed E-state index contributed by atoms with van der Waals surface area (Å²) in [5.41, 5.74) is 5.24. The van der Waals surface area contributed by atoms with Crippen molar-refractivity contribution in [3.63, 3.8) is 0 Å². The highest BCUT2D eigenvalue weighted by atomic mass is 31.0. The van der Waals surface area contributed by atoms with E-state index < -0.39 is 31.0 Å². The molecule has 9 aromatic carbocycles. The molecule has 2 aliphatic rings. The Bertz CT molecular complexity index is 3590. The number of fused-ring (bicyclic) bond motifs is 9. The fourth-order valence-corrected chi connectivity index (χ4v) is 12.1. The van der Waals surface area contributed by atoms with Crippen molar-refractivity contribution in [2.45, 2.75) is 58.3 Å². The predicted molar refractivity (Wildman–Crippen MR) is 305 cm³/mol. The predicted octanol–water partition coefficient (Wildman–Crippen LogP) is 9.28. The lowest BCUT2D eigenvalue weighted by atomic mass is 9.78. The Morgan fingerprint density at radius 3 is 0.923 bits per heavy atom. The van der Waals surface area contributed by atoms with Crippen LogP contribution in [0.15, 0.2) is 122 Å². The van der Waals surface area contributed by atoms with Crippen LogP contribution in [0, 0.1) is 0 Å². The molecule has 0 amide bonds. The van der Waals surface area contributed by atoms with E-state index in [0.717, 1.165) is 38.3 Å². The van der Waals surface area contributed by atoms with Gasteiger partial charge in [-0.05, 0) is 195 Å². The summed E-state index contributed by atoms with van der Waals surface area (Å²) in [7, 11) is 17.0. The van der Waals surface area contributed by atoms with Gasteiger partial charge < -0.3 is 18.6 Å². The Hall–Kier alpha value is -3.33. The molecular formula is C53H50B2O4P6. The van der Waals surface area contributed by atoms with Crippen LogP contribution in [-0.4, -0.2) is 31.0 Å². The van der Waals surface area contributed by atoms with Gasteiger partial charge in [-0.1, -0.05) is 91.5 Å². The third-order valence-electron chi connectivity index (χ3n) is 14.4. The average molecular weight is 958 g/mol. The van der Waals surface area contributed by atoms with Crippen LogP contribution in [-0.2, 0) is 18.6 Å². The fraction of sp³-hybridized carbons (Fsp3) is 0.170. The van der Waals surface area contributed by atoms with Crippen molar-refractivity contribution in [1.29, 1.82) is 0 Å². The van der Waals surface area contributed by atoms with Gasteiger partial charge in [0.15, 0.2) is 0 Å². The zero-order valence-electron chi connectivity index (χ0n) is 37.4. The van der Waals surface area contributed by atoms with E-state index in [-0.39, 0.29) is 0 Å². The van der Waals surface area contributed by atoms with Crippen molar-refractivity contribution in [1.82, 2.24) is 0 Å². The highest BCUT2D eigenvalue weighted by Crippen LogP contribution is 2.39. The van der Waals surface area contributed by atoms with Crippen molar-refractivity contribution in [2.75, 3.05) is 0 Å². The smallest absolute Gasteiger partial charge is 0.534 e. The summed E-state index contributed by atoms with van der Waals surface area (Å²) in [5, 5.41) is 21.4. The number of benzene rings is 9. The highest BCUT2D eigenvalue weighted by Gasteiger charge is 2.51. The Labute approximate surface area is 395 Å². The van der Waals surface area contributed by atoms with Gasteiger partial charge in [-0.25, -0.2) is 0 Å². The Morgan fingerprint density at radius 1 is 0.354 bits per heavy atom. The van der Waals surface area contributed by atoms with E-state index in [0.29, 0.717) is 5.76 Å². The van der Waals surface area contributed by atoms with Crippen molar-refractivity contribution in [3.05, 3.63) is 122 Å². The van der Waals surface area contributed by atoms with Crippen LogP contribution in [0.3, 0.4) is 0 Å². The molecule has 0 spiro atoms. The third-order valence-corrected chi connectivity index (χ3v) is 19.2. The molecule has 65 heavy (non-hydrogen) atoms. The molecule has 0 N–H and O–H groups in total. The van der Waals surface area contributed by atoms with Crippen molar-refractivity contribution >= 4 is 177 Å². The topological polar surface area (TPSA) is 36.9 Å². The maximum absolute atomic E-state index is 6.52. The third kappa shape index (κ3) is 7.00. The van der Waals surface area contributed by atoms with E-state index in [1.54, 1.807) is 0 Å². The number of hydrogen-bond acceptors (Lipinski definition) is 4. The van der Waals surface area contributed by atoms with E-state index in [4.69, 9.17) is 18.6 Å². The van der Waals surface area contributed by atoms with Gasteiger partial charge in [0.1, 0.15) is 5.60 Å². The quantitative estimate of drug-likeness (QED) is 0.100. The minimum Gasteiger partial charge on any atom is -0.534 e. The normalized spacial score (nSPS) is 16.9. The Morgan fingerprint density at radius 2 is 0.631 bits per heavy atom. The maximum Gasteiger partial charge on any atom is 0.563 e. The molecule has 2 heterocycles. The molecule has 0 radical (unpaired) electrons. The molecule has 0 aliphatic carbocycles. The standard InChI is InChI=1S/C53H50B2O4P6/c1-26-51(2,3)57-54(56-26)31-12-18-37-43(24-31)41-22-29(10-16-35(41)47(62)49(37)64)27-8-14-33-39(20-27)40-21-28(9-15-34(40)46(61)45(33)60)30-11-17-36-42(23-30)44-25-32(13-19-38(44)50(65)48(36)63)55-58-52(4,5)53(6,7)59-55/h8-25H,1,60-65H2,2-7H3. The van der Waals surface area contributed by atoms with Crippen LogP contribution >= 0.6 is 55.4 Å². The molecule has 11 rings (SSSR count). The minimum atomic E-state index is -0.554. The van der Waals surface area contributed by atoms with Gasteiger partial charge in [0, 0.05) is 0 Å². The van der Waals surface area contributed by atoms with Crippen molar-refractivity contribution in [2.24, 2.45) is 0 Å². The Balaban J connectivity index is 1.05. The molecule has 2 fully saturated rings. The van der Waals surface area contributed by atoms with Gasteiger partial charge in [-0.3, -0.25) is 0 Å². The molecule has 322 valence electrons. The molecule has 9 aromatic rings. The minimum absolute atomic E-state index is 0.423. The summed E-state index contributed by atoms with van der Waals surface area (Å²) in [6.07, 6.45) is 0. The Kier molecular flexibility index (Phi) is 10.6. The zero-order chi connectivity index (χ0) is 45.6. The number of hydrogen-bond donors (Lipinski definition) is 0. The lowest BCUT2D eigenvalue weighted by molar-refractivity contribution is 0.00578. The fourth-order valence-electron chi connectivity index (χ4n) is 9.67. The molecule has 0 saturated carbocycles. The molecule has 0 bridgehead atoms. The SMILES string of the molecule is C=C1OB(c2ccc3c(P)c(P)c4ccc(-c5ccc6c(P)c(P)c7ccc(-c8ccc9c(P)c(P)c%10ccc(B%11OC(C)(C)C(C)(C)O%11)cc%10c9c8)cc7c6c5)cc4c3c2)OC1(C)C. The lowest BCUT2D eigenvalue weighted by Crippen LogP contribution is -2.41. The summed E-state index contributed by atoms with van der Waals surface area (Å²) in [5.74, 6) is 0.642. The summed E-state index contributed by atoms with van der Waals surface area (Å²) in [6.45, 7) is 16.5. The van der Waals surface area contributed by atoms with Crippen LogP contribution < -0.4 is 42.8 Å². The van der Waals surface area contributed by atoms with Gasteiger partial charge >= 0.3 is 14.2 Å². The number of rotatable bonds is 4. The van der Waals surface area contributed by atoms with Crippen LogP contribution in [0.2, 0.25) is 0 Å². The molecular weight excluding hydrogens is 908 g/mol. The molecule has 6 unspecified atom stereocenters. The average Bonchev–Trinajstić information content (AvgIpc) is 3.71. The van der Waals surface area contributed by atoms with E-state index in [2.05, 4.69) is 199 Å². The van der Waals surface area contributed by atoms with Crippen molar-refractivity contribution in [3.8, 4) is 22.3 Å². The molecule has 4 nitrogen and oxygen atoms in total. The van der Waals surface area contributed by atoms with Crippen LogP contribution in [0.5, 0.6) is 0 Å². The second kappa shape index (κ2) is 15.6. The van der Waals surface area contributed by atoms with E-state index in [1.165, 1.54) is 91.3 Å². The van der Waals surface area contributed by atoms with Gasteiger partial charge in [-0.15, -0.1) is 55.4 Å². The first-order valence-corrected chi connectivity index (χ1v) is 25.3. The summed E-state index contributed by atoms with van der Waals surface area (Å²) in [6, 6.07) is 40.7. The van der Waals surface area contributed by atoms with Crippen molar-refractivity contribution < 1.29 is 18.6 Å². The second-order valence-electron chi connectivity index (χ2n) is 19.2. The van der Waals surface area contributed by atoms with E-state index in [9.17, 15) is 0 Å². The molecule has 0 aromatic heterocycles. The monoisotopic (exact) mass is 958 g/mol. The van der Waals surface area contributed by atoms with Gasteiger partial charge in [-0.2, -0.15) is 0 Å². The first-order valence-electron chi connectivity index (χ1n) is 21.9. The first-order chi connectivity index (χ1) is 30.8. The lowest BCUT2D eigenvalue weighted by Gasteiger charge is -2.32. The maximum atomic E-state index is 6.52. The molecule has 12 heteroatoms. The summed E-state index contributed by atoms with van der Waals surface area (Å²) >= 11 is 0. The van der Waals surface area contributed by atoms with Gasteiger partial charge in [0.25, 0.3) is 0 Å².